The van der Waals surface area contributed by atoms with E-state index in [1.165, 1.54) is 9.80 Å². The lowest BCUT2D eigenvalue weighted by Crippen LogP contribution is -2.50. The number of nitro groups is 2. The number of alkyl halides is 3. The van der Waals surface area contributed by atoms with E-state index in [1.807, 2.05) is 0 Å². The summed E-state index contributed by atoms with van der Waals surface area (Å²) >= 11 is 0. The Kier molecular flexibility index (Phi) is 5.90. The van der Waals surface area contributed by atoms with E-state index in [4.69, 9.17) is 4.74 Å². The number of nitrogens with zero attached hydrogens (tertiary/aromatic N) is 4. The van der Waals surface area contributed by atoms with Crippen molar-refractivity contribution in [3.8, 4) is 0 Å². The molecule has 0 radical (unpaired) electrons. The molecule has 1 aliphatic heterocycles. The number of carbonyl (C=O) groups is 1. The fourth-order valence-electron chi connectivity index (χ4n) is 2.81. The second-order valence-corrected chi connectivity index (χ2v) is 7.33. The Morgan fingerprint density at radius 1 is 1.00 bits per heavy atom. The molecule has 1 heterocycles. The highest BCUT2D eigenvalue weighted by atomic mass is 19.4. The monoisotopic (exact) mass is 420 g/mol. The first-order valence-corrected chi connectivity index (χ1v) is 8.47. The van der Waals surface area contributed by atoms with E-state index in [0.717, 1.165) is 0 Å². The van der Waals surface area contributed by atoms with Gasteiger partial charge in [0.05, 0.1) is 15.4 Å². The van der Waals surface area contributed by atoms with Gasteiger partial charge in [0, 0.05) is 38.3 Å². The summed E-state index contributed by atoms with van der Waals surface area (Å²) in [6.45, 7) is 5.00. The van der Waals surface area contributed by atoms with E-state index in [0.29, 0.717) is 0 Å². The zero-order chi connectivity index (χ0) is 22.1. The molecule has 2 rings (SSSR count). The highest BCUT2D eigenvalue weighted by Crippen LogP contribution is 2.43. The van der Waals surface area contributed by atoms with Crippen molar-refractivity contribution < 1.29 is 32.5 Å². The Hall–Kier alpha value is -3.12. The zero-order valence-electron chi connectivity index (χ0n) is 15.9. The van der Waals surface area contributed by atoms with Crippen molar-refractivity contribution in [3.05, 3.63) is 37.9 Å². The largest absolute Gasteiger partial charge is 0.444 e. The number of rotatable bonds is 3. The summed E-state index contributed by atoms with van der Waals surface area (Å²) in [5, 5.41) is 22.7. The van der Waals surface area contributed by atoms with Crippen molar-refractivity contribution >= 4 is 23.2 Å². The number of ether oxygens (including phenoxy) is 1. The van der Waals surface area contributed by atoms with Gasteiger partial charge in [-0.1, -0.05) is 0 Å². The number of nitro benzene ring substituents is 2. The third-order valence-corrected chi connectivity index (χ3v) is 4.04. The summed E-state index contributed by atoms with van der Waals surface area (Å²) in [4.78, 5) is 35.2. The van der Waals surface area contributed by atoms with Crippen molar-refractivity contribution in [2.24, 2.45) is 0 Å². The minimum Gasteiger partial charge on any atom is -0.444 e. The average Bonchev–Trinajstić information content (AvgIpc) is 2.58. The molecule has 0 unspecified atom stereocenters. The molecule has 1 saturated heterocycles. The van der Waals surface area contributed by atoms with Gasteiger partial charge in [-0.2, -0.15) is 13.2 Å². The average molecular weight is 420 g/mol. The van der Waals surface area contributed by atoms with Crippen LogP contribution in [0.3, 0.4) is 0 Å². The van der Waals surface area contributed by atoms with Gasteiger partial charge in [-0.15, -0.1) is 0 Å². The first kappa shape index (κ1) is 22.2. The number of amides is 1. The third-order valence-electron chi connectivity index (χ3n) is 4.04. The van der Waals surface area contributed by atoms with Crippen LogP contribution in [0.1, 0.15) is 26.3 Å². The van der Waals surface area contributed by atoms with Crippen molar-refractivity contribution in [1.82, 2.24) is 4.90 Å². The molecule has 0 saturated carbocycles. The SMILES string of the molecule is CC(C)(C)OC(=O)N1CCN(c2c([N+](=O)[O-])cc(C(F)(F)F)cc2[N+](=O)[O-])CC1. The minimum absolute atomic E-state index is 0.0320. The maximum atomic E-state index is 13.0. The number of benzene rings is 1. The second kappa shape index (κ2) is 7.72. The number of hydrogen-bond donors (Lipinski definition) is 0. The van der Waals surface area contributed by atoms with Crippen molar-refractivity contribution in [3.63, 3.8) is 0 Å². The van der Waals surface area contributed by atoms with Gasteiger partial charge in [0.15, 0.2) is 5.69 Å². The van der Waals surface area contributed by atoms with E-state index < -0.39 is 50.3 Å². The van der Waals surface area contributed by atoms with Crippen LogP contribution in [0.5, 0.6) is 0 Å². The maximum Gasteiger partial charge on any atom is 0.416 e. The van der Waals surface area contributed by atoms with Crippen molar-refractivity contribution in [2.45, 2.75) is 32.5 Å². The summed E-state index contributed by atoms with van der Waals surface area (Å²) in [6, 6.07) is 0.561. The van der Waals surface area contributed by atoms with E-state index in [2.05, 4.69) is 0 Å². The number of hydrogen-bond acceptors (Lipinski definition) is 7. The first-order valence-electron chi connectivity index (χ1n) is 8.47. The molecule has 0 aliphatic carbocycles. The molecule has 1 aromatic rings. The summed E-state index contributed by atoms with van der Waals surface area (Å²) in [5.41, 5.74) is -4.77. The highest BCUT2D eigenvalue weighted by molar-refractivity contribution is 5.77. The van der Waals surface area contributed by atoms with E-state index in [1.54, 1.807) is 20.8 Å². The van der Waals surface area contributed by atoms with E-state index >= 15 is 0 Å². The van der Waals surface area contributed by atoms with Gasteiger partial charge in [-0.3, -0.25) is 20.2 Å². The van der Waals surface area contributed by atoms with Gasteiger partial charge in [0.1, 0.15) is 5.60 Å². The minimum atomic E-state index is -4.98. The summed E-state index contributed by atoms with van der Waals surface area (Å²) in [5.74, 6) is 0. The maximum absolute atomic E-state index is 13.0. The normalized spacial score (nSPS) is 15.2. The predicted molar refractivity (Wildman–Crippen MR) is 94.8 cm³/mol. The molecule has 1 aromatic carbocycles. The molecule has 160 valence electrons. The Labute approximate surface area is 163 Å². The number of carbonyl (C=O) groups excluding carboxylic acids is 1. The smallest absolute Gasteiger partial charge is 0.416 e. The van der Waals surface area contributed by atoms with Crippen LogP contribution >= 0.6 is 0 Å². The molecule has 0 aromatic heterocycles. The van der Waals surface area contributed by atoms with Crippen LogP contribution in [0.4, 0.5) is 35.0 Å². The van der Waals surface area contributed by atoms with Crippen molar-refractivity contribution in [2.75, 3.05) is 31.1 Å². The molecule has 13 heteroatoms. The van der Waals surface area contributed by atoms with Gasteiger partial charge >= 0.3 is 12.3 Å². The van der Waals surface area contributed by atoms with Crippen LogP contribution in [0.15, 0.2) is 12.1 Å². The van der Waals surface area contributed by atoms with Crippen LogP contribution in [-0.2, 0) is 10.9 Å². The van der Waals surface area contributed by atoms with Gasteiger partial charge in [-0.05, 0) is 20.8 Å². The molecular formula is C16H19F3N4O6. The number of piperazine rings is 1. The molecule has 1 fully saturated rings. The van der Waals surface area contributed by atoms with Crippen LogP contribution in [0, 0.1) is 20.2 Å². The number of anilines is 1. The lowest BCUT2D eigenvalue weighted by Gasteiger charge is -2.36. The Morgan fingerprint density at radius 3 is 1.79 bits per heavy atom. The predicted octanol–water partition coefficient (Wildman–Crippen LogP) is 3.58. The highest BCUT2D eigenvalue weighted by Gasteiger charge is 2.40. The molecule has 0 bridgehead atoms. The lowest BCUT2D eigenvalue weighted by atomic mass is 10.1. The summed E-state index contributed by atoms with van der Waals surface area (Å²) in [6.07, 6.45) is -5.60. The van der Waals surface area contributed by atoms with Gasteiger partial charge in [0.2, 0.25) is 0 Å². The quantitative estimate of drug-likeness (QED) is 0.541. The first-order chi connectivity index (χ1) is 13.2. The van der Waals surface area contributed by atoms with Crippen molar-refractivity contribution in [1.29, 1.82) is 0 Å². The summed E-state index contributed by atoms with van der Waals surface area (Å²) in [7, 11) is 0. The fraction of sp³-hybridized carbons (Fsp3) is 0.562. The third kappa shape index (κ3) is 5.23. The van der Waals surface area contributed by atoms with Gasteiger partial charge < -0.3 is 14.5 Å². The fourth-order valence-corrected chi connectivity index (χ4v) is 2.81. The topological polar surface area (TPSA) is 119 Å². The summed E-state index contributed by atoms with van der Waals surface area (Å²) < 4.78 is 44.2. The second-order valence-electron chi connectivity index (χ2n) is 7.33. The van der Waals surface area contributed by atoms with E-state index in [9.17, 15) is 38.2 Å². The molecule has 0 atom stereocenters. The number of halogens is 3. The molecular weight excluding hydrogens is 401 g/mol. The Morgan fingerprint density at radius 2 is 1.45 bits per heavy atom. The van der Waals surface area contributed by atoms with Gasteiger partial charge in [-0.25, -0.2) is 4.79 Å². The lowest BCUT2D eigenvalue weighted by molar-refractivity contribution is -0.393. The Balaban J connectivity index is 2.36. The van der Waals surface area contributed by atoms with Crippen LogP contribution in [0.25, 0.3) is 0 Å². The zero-order valence-corrected chi connectivity index (χ0v) is 15.9. The molecule has 1 aliphatic rings. The van der Waals surface area contributed by atoms with E-state index in [-0.39, 0.29) is 38.3 Å². The molecule has 10 nitrogen and oxygen atoms in total. The standard InChI is InChI=1S/C16H19F3N4O6/c1-15(2,3)29-14(24)21-6-4-20(5-7-21)13-11(22(25)26)8-10(16(17,18)19)9-12(13)23(27)28/h8-9H,4-7H2,1-3H3. The Bertz CT molecular complexity index is 794. The molecule has 0 spiro atoms. The van der Waals surface area contributed by atoms with Crippen LogP contribution in [0.2, 0.25) is 0 Å². The van der Waals surface area contributed by atoms with Crippen LogP contribution in [-0.4, -0.2) is 52.6 Å². The molecule has 0 N–H and O–H groups in total. The molecule has 29 heavy (non-hydrogen) atoms. The van der Waals surface area contributed by atoms with Gasteiger partial charge in [0.25, 0.3) is 11.4 Å². The van der Waals surface area contributed by atoms with Crippen LogP contribution < -0.4 is 4.90 Å². The molecule has 1 amide bonds.